The maximum absolute atomic E-state index is 14.6. The number of imidazole rings is 1. The first-order valence-corrected chi connectivity index (χ1v) is 9.90. The molecule has 0 aliphatic rings. The molecule has 0 aliphatic heterocycles. The maximum atomic E-state index is 14.6. The fraction of sp³-hybridized carbons (Fsp3) is 0.0870. The molecule has 1 aromatic carbocycles. The number of amides is 1. The molecule has 0 aliphatic carbocycles. The highest BCUT2D eigenvalue weighted by Crippen LogP contribution is 2.27. The van der Waals surface area contributed by atoms with Gasteiger partial charge in [-0.25, -0.2) is 23.7 Å². The summed E-state index contributed by atoms with van der Waals surface area (Å²) in [7, 11) is 0. The third-order valence-corrected chi connectivity index (χ3v) is 4.95. The molecule has 0 bridgehead atoms. The van der Waals surface area contributed by atoms with Crippen LogP contribution in [0.5, 0.6) is 0 Å². The van der Waals surface area contributed by atoms with Crippen molar-refractivity contribution in [3.05, 3.63) is 84.1 Å². The molecular weight excluding hydrogens is 430 g/mol. The molecule has 4 aromatic heterocycles. The number of oxazole rings is 1. The molecule has 8 nitrogen and oxygen atoms in total. The number of carbonyl (C=O) groups is 1. The highest BCUT2D eigenvalue weighted by molar-refractivity contribution is 6.03. The Hall–Kier alpha value is -4.47. The smallest absolute Gasteiger partial charge is 0.293 e. The van der Waals surface area contributed by atoms with Crippen LogP contribution in [-0.4, -0.2) is 30.2 Å². The van der Waals surface area contributed by atoms with Gasteiger partial charge < -0.3 is 9.73 Å². The Balaban J connectivity index is 1.48. The van der Waals surface area contributed by atoms with Gasteiger partial charge in [0.2, 0.25) is 11.5 Å². The molecule has 4 heterocycles. The normalized spacial score (nSPS) is 11.2. The second kappa shape index (κ2) is 7.90. The summed E-state index contributed by atoms with van der Waals surface area (Å²) in [5.41, 5.74) is 1.86. The number of carbonyl (C=O) groups excluding carboxylic acids is 1. The molecule has 0 saturated heterocycles. The lowest BCUT2D eigenvalue weighted by Crippen LogP contribution is -2.12. The Morgan fingerprint density at radius 1 is 1.06 bits per heavy atom. The van der Waals surface area contributed by atoms with Crippen molar-refractivity contribution in [2.75, 3.05) is 5.32 Å². The van der Waals surface area contributed by atoms with Gasteiger partial charge in [0.15, 0.2) is 5.89 Å². The van der Waals surface area contributed by atoms with Crippen molar-refractivity contribution in [1.29, 1.82) is 0 Å². The average Bonchev–Trinajstić information content (AvgIpc) is 3.37. The average molecular weight is 446 g/mol. The van der Waals surface area contributed by atoms with Crippen molar-refractivity contribution >= 4 is 17.4 Å². The van der Waals surface area contributed by atoms with Gasteiger partial charge in [-0.3, -0.25) is 14.2 Å². The van der Waals surface area contributed by atoms with Crippen LogP contribution < -0.4 is 5.32 Å². The summed E-state index contributed by atoms with van der Waals surface area (Å²) < 4.78 is 35.6. The van der Waals surface area contributed by atoms with E-state index in [1.165, 1.54) is 42.7 Å². The van der Waals surface area contributed by atoms with Gasteiger partial charge in [0, 0.05) is 48.5 Å². The summed E-state index contributed by atoms with van der Waals surface area (Å²) in [5, 5.41) is 2.68. The lowest BCUT2D eigenvalue weighted by molar-refractivity contribution is 0.0994. The lowest BCUT2D eigenvalue weighted by Gasteiger charge is -2.06. The third-order valence-electron chi connectivity index (χ3n) is 4.95. The van der Waals surface area contributed by atoms with E-state index in [1.807, 2.05) is 0 Å². The number of aromatic nitrogens is 5. The quantitative estimate of drug-likeness (QED) is 0.434. The number of benzene rings is 1. The summed E-state index contributed by atoms with van der Waals surface area (Å²) >= 11 is 0. The van der Waals surface area contributed by atoms with E-state index < -0.39 is 17.5 Å². The number of hydrogen-bond donors (Lipinski definition) is 1. The molecule has 0 atom stereocenters. The van der Waals surface area contributed by atoms with E-state index in [0.717, 1.165) is 0 Å². The second-order valence-corrected chi connectivity index (χ2v) is 7.31. The summed E-state index contributed by atoms with van der Waals surface area (Å²) in [6.07, 6.45) is 6.12. The van der Waals surface area contributed by atoms with Crippen molar-refractivity contribution < 1.29 is 18.0 Å². The maximum Gasteiger partial charge on any atom is 0.293 e. The molecule has 0 unspecified atom stereocenters. The van der Waals surface area contributed by atoms with Crippen LogP contribution in [0.2, 0.25) is 0 Å². The standard InChI is InChI=1S/C23H16F2N6O2/c1-12-21(33-13(2)28-12)22(32)29-15-5-6-17(24)16(8-15)19-11-31-10-14(9-27-23(31)30-19)20-18(25)4-3-7-26-20/h3-11H,1-2H3,(H,29,32). The fourth-order valence-electron chi connectivity index (χ4n) is 3.46. The number of rotatable bonds is 4. The third kappa shape index (κ3) is 3.82. The van der Waals surface area contributed by atoms with E-state index in [1.54, 1.807) is 30.6 Å². The SMILES string of the molecule is Cc1nc(C)c(C(=O)Nc2ccc(F)c(-c3cn4cc(-c5ncccc5F)cnc4n3)c2)o1. The molecule has 33 heavy (non-hydrogen) atoms. The number of nitrogens with zero attached hydrogens (tertiary/aromatic N) is 5. The van der Waals surface area contributed by atoms with Crippen LogP contribution in [0.25, 0.3) is 28.3 Å². The van der Waals surface area contributed by atoms with Gasteiger partial charge in [-0.15, -0.1) is 0 Å². The number of hydrogen-bond acceptors (Lipinski definition) is 6. The van der Waals surface area contributed by atoms with Crippen LogP contribution in [0.3, 0.4) is 0 Å². The van der Waals surface area contributed by atoms with Crippen molar-refractivity contribution in [2.24, 2.45) is 0 Å². The topological polar surface area (TPSA) is 98.2 Å². The van der Waals surface area contributed by atoms with Gasteiger partial charge in [-0.1, -0.05) is 0 Å². The minimum atomic E-state index is -0.529. The number of fused-ring (bicyclic) bond motifs is 1. The Bertz CT molecular complexity index is 1520. The van der Waals surface area contributed by atoms with Gasteiger partial charge in [-0.05, 0) is 37.3 Å². The predicted molar refractivity (Wildman–Crippen MR) is 116 cm³/mol. The van der Waals surface area contributed by atoms with E-state index in [9.17, 15) is 13.6 Å². The van der Waals surface area contributed by atoms with Gasteiger partial charge >= 0.3 is 0 Å². The van der Waals surface area contributed by atoms with Crippen LogP contribution in [0, 0.1) is 25.5 Å². The zero-order chi connectivity index (χ0) is 23.1. The van der Waals surface area contributed by atoms with Crippen LogP contribution in [-0.2, 0) is 0 Å². The molecule has 0 radical (unpaired) electrons. The number of pyridine rings is 1. The highest BCUT2D eigenvalue weighted by atomic mass is 19.1. The second-order valence-electron chi connectivity index (χ2n) is 7.31. The minimum absolute atomic E-state index is 0.0876. The first-order chi connectivity index (χ1) is 15.9. The molecular formula is C23H16F2N6O2. The van der Waals surface area contributed by atoms with Gasteiger partial charge in [-0.2, -0.15) is 0 Å². The molecule has 0 spiro atoms. The van der Waals surface area contributed by atoms with Gasteiger partial charge in [0.1, 0.15) is 17.3 Å². The number of anilines is 1. The van der Waals surface area contributed by atoms with E-state index in [-0.39, 0.29) is 17.0 Å². The largest absolute Gasteiger partial charge is 0.436 e. The molecule has 5 rings (SSSR count). The molecule has 5 aromatic rings. The summed E-state index contributed by atoms with van der Waals surface area (Å²) in [5.74, 6) is -0.745. The Kier molecular flexibility index (Phi) is 4.89. The van der Waals surface area contributed by atoms with Crippen LogP contribution >= 0.6 is 0 Å². The first kappa shape index (κ1) is 20.4. The Morgan fingerprint density at radius 3 is 2.67 bits per heavy atom. The van der Waals surface area contributed by atoms with E-state index >= 15 is 0 Å². The van der Waals surface area contributed by atoms with Crippen molar-refractivity contribution in [3.8, 4) is 22.5 Å². The Morgan fingerprint density at radius 2 is 1.91 bits per heavy atom. The molecule has 0 saturated carbocycles. The number of aryl methyl sites for hydroxylation is 2. The fourth-order valence-corrected chi connectivity index (χ4v) is 3.46. The summed E-state index contributed by atoms with van der Waals surface area (Å²) in [6, 6.07) is 6.94. The highest BCUT2D eigenvalue weighted by Gasteiger charge is 2.18. The summed E-state index contributed by atoms with van der Waals surface area (Å²) in [6.45, 7) is 3.31. The molecule has 10 heteroatoms. The van der Waals surface area contributed by atoms with Crippen molar-refractivity contribution in [3.63, 3.8) is 0 Å². The molecule has 1 N–H and O–H groups in total. The van der Waals surface area contributed by atoms with E-state index in [2.05, 4.69) is 25.3 Å². The van der Waals surface area contributed by atoms with E-state index in [0.29, 0.717) is 34.3 Å². The molecule has 164 valence electrons. The van der Waals surface area contributed by atoms with Gasteiger partial charge in [0.25, 0.3) is 5.91 Å². The molecule has 1 amide bonds. The number of halogens is 2. The van der Waals surface area contributed by atoms with E-state index in [4.69, 9.17) is 4.42 Å². The zero-order valence-corrected chi connectivity index (χ0v) is 17.5. The first-order valence-electron chi connectivity index (χ1n) is 9.90. The minimum Gasteiger partial charge on any atom is -0.436 e. The van der Waals surface area contributed by atoms with Crippen LogP contribution in [0.1, 0.15) is 22.1 Å². The van der Waals surface area contributed by atoms with Crippen LogP contribution in [0.4, 0.5) is 14.5 Å². The summed E-state index contributed by atoms with van der Waals surface area (Å²) in [4.78, 5) is 29.2. The Labute approximate surface area is 186 Å². The van der Waals surface area contributed by atoms with Crippen molar-refractivity contribution in [2.45, 2.75) is 13.8 Å². The zero-order valence-electron chi connectivity index (χ0n) is 17.5. The lowest BCUT2D eigenvalue weighted by atomic mass is 10.1. The predicted octanol–water partition coefficient (Wildman–Crippen LogP) is 4.59. The van der Waals surface area contributed by atoms with Crippen molar-refractivity contribution in [1.82, 2.24) is 24.3 Å². The molecule has 0 fully saturated rings. The van der Waals surface area contributed by atoms with Crippen LogP contribution in [0.15, 0.2) is 59.5 Å². The monoisotopic (exact) mass is 446 g/mol. The van der Waals surface area contributed by atoms with Gasteiger partial charge in [0.05, 0.1) is 11.4 Å². The number of nitrogens with one attached hydrogen (secondary N) is 1.